The molecule has 1 aliphatic carbocycles. The van der Waals surface area contributed by atoms with Crippen molar-refractivity contribution >= 4 is 33.8 Å². The second-order valence-corrected chi connectivity index (χ2v) is 9.09. The van der Waals surface area contributed by atoms with E-state index in [-0.39, 0.29) is 30.5 Å². The molecule has 2 aromatic carbocycles. The van der Waals surface area contributed by atoms with E-state index < -0.39 is 0 Å². The summed E-state index contributed by atoms with van der Waals surface area (Å²) in [4.78, 5) is 27.7. The smallest absolute Gasteiger partial charge is 0.289 e. The minimum Gasteiger partial charge on any atom is -0.482 e. The zero-order valence-electron chi connectivity index (χ0n) is 17.6. The first-order valence-electron chi connectivity index (χ1n) is 10.8. The van der Waals surface area contributed by atoms with Gasteiger partial charge in [-0.3, -0.25) is 9.59 Å². The Morgan fingerprint density at radius 3 is 2.68 bits per heavy atom. The predicted octanol–water partition coefficient (Wildman–Crippen LogP) is 4.58. The lowest BCUT2D eigenvalue weighted by atomic mass is 9.89. The molecule has 2 atom stereocenters. The van der Waals surface area contributed by atoms with Crippen LogP contribution >= 0.6 is 15.9 Å². The molecule has 2 amide bonds. The number of aryl methyl sites for hydroxylation is 1. The Hall–Kier alpha value is -2.60. The van der Waals surface area contributed by atoms with Gasteiger partial charge in [0, 0.05) is 11.0 Å². The largest absolute Gasteiger partial charge is 0.482 e. The van der Waals surface area contributed by atoms with Crippen LogP contribution in [0, 0.1) is 6.92 Å². The van der Waals surface area contributed by atoms with Gasteiger partial charge in [0.05, 0.1) is 6.04 Å². The normalized spacial score (nSPS) is 22.1. The first-order chi connectivity index (χ1) is 15.0. The first kappa shape index (κ1) is 21.6. The first-order valence-corrected chi connectivity index (χ1v) is 11.6. The van der Waals surface area contributed by atoms with Gasteiger partial charge < -0.3 is 15.0 Å². The maximum atomic E-state index is 13.3. The van der Waals surface area contributed by atoms with Gasteiger partial charge in [0.15, 0.2) is 5.76 Å². The van der Waals surface area contributed by atoms with Gasteiger partial charge >= 0.3 is 0 Å². The van der Waals surface area contributed by atoms with Crippen LogP contribution in [0.1, 0.15) is 42.4 Å². The summed E-state index contributed by atoms with van der Waals surface area (Å²) in [7, 11) is 0. The van der Waals surface area contributed by atoms with Crippen LogP contribution in [0.4, 0.5) is 0 Å². The van der Waals surface area contributed by atoms with Gasteiger partial charge in [0.1, 0.15) is 12.6 Å². The number of ether oxygens (including phenoxy) is 1. The monoisotopic (exact) mass is 482 g/mol. The minimum atomic E-state index is -0.218. The lowest BCUT2D eigenvalue weighted by molar-refractivity contribution is -0.151. The van der Waals surface area contributed by atoms with Crippen molar-refractivity contribution in [3.05, 3.63) is 75.5 Å². The average molecular weight is 483 g/mol. The van der Waals surface area contributed by atoms with Crippen molar-refractivity contribution in [1.82, 2.24) is 10.2 Å². The van der Waals surface area contributed by atoms with Crippen molar-refractivity contribution in [1.29, 1.82) is 0 Å². The third kappa shape index (κ3) is 5.18. The van der Waals surface area contributed by atoms with Gasteiger partial charge in [-0.05, 0) is 49.5 Å². The van der Waals surface area contributed by atoms with Crippen LogP contribution < -0.4 is 5.32 Å². The van der Waals surface area contributed by atoms with Crippen molar-refractivity contribution in [3.8, 4) is 0 Å². The number of amides is 2. The molecule has 31 heavy (non-hydrogen) atoms. The summed E-state index contributed by atoms with van der Waals surface area (Å²) < 4.78 is 7.03. The predicted molar refractivity (Wildman–Crippen MR) is 124 cm³/mol. The number of fused-ring (bicyclic) bond motifs is 1. The molecule has 0 bridgehead atoms. The molecule has 162 valence electrons. The molecule has 2 unspecified atom stereocenters. The number of rotatable bonds is 5. The number of benzene rings is 2. The molecule has 4 rings (SSSR count). The van der Waals surface area contributed by atoms with Gasteiger partial charge in [0.2, 0.25) is 5.91 Å². The average Bonchev–Trinajstić information content (AvgIpc) is 2.77. The Kier molecular flexibility index (Phi) is 6.76. The van der Waals surface area contributed by atoms with Crippen LogP contribution in [0.5, 0.6) is 0 Å². The molecule has 0 spiro atoms. The van der Waals surface area contributed by atoms with Crippen LogP contribution in [0.25, 0.3) is 6.08 Å². The molecule has 6 heteroatoms. The van der Waals surface area contributed by atoms with E-state index in [1.54, 1.807) is 11.0 Å². The van der Waals surface area contributed by atoms with E-state index in [1.807, 2.05) is 55.5 Å². The maximum absolute atomic E-state index is 13.3. The molecule has 0 aromatic heterocycles. The second-order valence-electron chi connectivity index (χ2n) is 8.23. The maximum Gasteiger partial charge on any atom is 0.289 e. The molecule has 0 radical (unpaired) electrons. The Labute approximate surface area is 191 Å². The summed E-state index contributed by atoms with van der Waals surface area (Å²) in [5.41, 5.74) is 3.10. The number of hydrogen-bond donors (Lipinski definition) is 1. The summed E-state index contributed by atoms with van der Waals surface area (Å²) in [6.07, 6.45) is 5.59. The molecular formula is C25H27BrN2O3. The fourth-order valence-electron chi connectivity index (χ4n) is 4.21. The second kappa shape index (κ2) is 9.69. The van der Waals surface area contributed by atoms with Crippen molar-refractivity contribution in [3.63, 3.8) is 0 Å². The highest BCUT2D eigenvalue weighted by Crippen LogP contribution is 2.33. The third-order valence-electron chi connectivity index (χ3n) is 5.93. The van der Waals surface area contributed by atoms with Gasteiger partial charge in [-0.15, -0.1) is 0 Å². The molecule has 1 N–H and O–H groups in total. The lowest BCUT2D eigenvalue weighted by Gasteiger charge is -2.44. The number of halogens is 1. The van der Waals surface area contributed by atoms with E-state index in [2.05, 4.69) is 21.2 Å². The molecule has 2 fully saturated rings. The van der Waals surface area contributed by atoms with Gasteiger partial charge in [0.25, 0.3) is 5.91 Å². The van der Waals surface area contributed by atoms with Gasteiger partial charge in [-0.1, -0.05) is 70.4 Å². The standard InChI is InChI=1S/C25H27BrN2O3/c1-17-10-12-18(13-11-17)15-27-24(29)16-28-21-8-4-5-9-22(21)31-23(25(28)30)14-19-6-2-3-7-20(19)26/h2-3,6-7,10-14,21-22H,4-5,8-9,15-16H2,1H3,(H,27,29)/b23-14+. The fourth-order valence-corrected chi connectivity index (χ4v) is 4.61. The van der Waals surface area contributed by atoms with Gasteiger partial charge in [-0.25, -0.2) is 0 Å². The molecule has 1 saturated heterocycles. The summed E-state index contributed by atoms with van der Waals surface area (Å²) in [5, 5.41) is 2.95. The highest BCUT2D eigenvalue weighted by atomic mass is 79.9. The van der Waals surface area contributed by atoms with E-state index in [1.165, 1.54) is 5.56 Å². The van der Waals surface area contributed by atoms with E-state index in [0.29, 0.717) is 12.3 Å². The number of morpholine rings is 1. The highest BCUT2D eigenvalue weighted by molar-refractivity contribution is 9.10. The molecule has 1 aliphatic heterocycles. The molecule has 1 heterocycles. The lowest BCUT2D eigenvalue weighted by Crippen LogP contribution is -2.57. The van der Waals surface area contributed by atoms with Crippen LogP contribution in [0.2, 0.25) is 0 Å². The van der Waals surface area contributed by atoms with Crippen LogP contribution in [0.3, 0.4) is 0 Å². The zero-order chi connectivity index (χ0) is 21.8. The van der Waals surface area contributed by atoms with Gasteiger partial charge in [-0.2, -0.15) is 0 Å². The Morgan fingerprint density at radius 2 is 1.90 bits per heavy atom. The summed E-state index contributed by atoms with van der Waals surface area (Å²) >= 11 is 3.53. The Balaban J connectivity index is 1.49. The van der Waals surface area contributed by atoms with Crippen molar-refractivity contribution in [2.75, 3.05) is 6.54 Å². The number of nitrogens with zero attached hydrogens (tertiary/aromatic N) is 1. The fraction of sp³-hybridized carbons (Fsp3) is 0.360. The van der Waals surface area contributed by atoms with E-state index in [4.69, 9.17) is 4.74 Å². The molecule has 1 saturated carbocycles. The van der Waals surface area contributed by atoms with Crippen LogP contribution in [-0.4, -0.2) is 35.4 Å². The summed E-state index contributed by atoms with van der Waals surface area (Å²) in [6.45, 7) is 2.53. The van der Waals surface area contributed by atoms with Crippen molar-refractivity contribution in [2.24, 2.45) is 0 Å². The quantitative estimate of drug-likeness (QED) is 0.634. The Bertz CT molecular complexity index is 987. The highest BCUT2D eigenvalue weighted by Gasteiger charge is 2.42. The molecule has 2 aliphatic rings. The topological polar surface area (TPSA) is 58.6 Å². The number of carbonyl (C=O) groups excluding carboxylic acids is 2. The molecular weight excluding hydrogens is 456 g/mol. The number of nitrogens with one attached hydrogen (secondary N) is 1. The number of carbonyl (C=O) groups is 2. The molecule has 5 nitrogen and oxygen atoms in total. The summed E-state index contributed by atoms with van der Waals surface area (Å²) in [5.74, 6) is -0.0637. The van der Waals surface area contributed by atoms with E-state index in [9.17, 15) is 9.59 Å². The van der Waals surface area contributed by atoms with Crippen LogP contribution in [0.15, 0.2) is 58.8 Å². The third-order valence-corrected chi connectivity index (χ3v) is 6.66. The minimum absolute atomic E-state index is 0.0442. The van der Waals surface area contributed by atoms with Crippen molar-refractivity contribution in [2.45, 2.75) is 51.3 Å². The zero-order valence-corrected chi connectivity index (χ0v) is 19.2. The number of hydrogen-bond acceptors (Lipinski definition) is 3. The van der Waals surface area contributed by atoms with Crippen LogP contribution in [-0.2, 0) is 20.9 Å². The molecule has 2 aromatic rings. The SMILES string of the molecule is Cc1ccc(CNC(=O)CN2C(=O)/C(=C\c3ccccc3Br)OC3CCCCC32)cc1. The van der Waals surface area contributed by atoms with E-state index >= 15 is 0 Å². The van der Waals surface area contributed by atoms with Crippen molar-refractivity contribution < 1.29 is 14.3 Å². The Morgan fingerprint density at radius 1 is 1.16 bits per heavy atom. The van der Waals surface area contributed by atoms with E-state index in [0.717, 1.165) is 41.3 Å². The summed E-state index contributed by atoms with van der Waals surface area (Å²) in [6, 6.07) is 15.7.